The number of amidine groups is 1. The summed E-state index contributed by atoms with van der Waals surface area (Å²) in [6.45, 7) is 0.362. The van der Waals surface area contributed by atoms with E-state index >= 15 is 0 Å². The van der Waals surface area contributed by atoms with Gasteiger partial charge in [0.1, 0.15) is 11.7 Å². The molecular weight excluding hydrogens is 342 g/mol. The molecule has 1 amide bonds. The Labute approximate surface area is 157 Å². The van der Waals surface area contributed by atoms with Gasteiger partial charge in [0.05, 0.1) is 0 Å². The van der Waals surface area contributed by atoms with Gasteiger partial charge in [-0.05, 0) is 11.1 Å². The second-order valence-electron chi connectivity index (χ2n) is 6.00. The quantitative estimate of drug-likeness (QED) is 0.381. The molecule has 5 N–H and O–H groups in total. The SMILES string of the molecule is CO[C@H](C(=O)NCc1ccc(C(=N)N)cc1)c1ccc(-c2ncc[nH]2)cc1. The van der Waals surface area contributed by atoms with E-state index in [1.54, 1.807) is 24.5 Å². The number of aromatic nitrogens is 2. The largest absolute Gasteiger partial charge is 0.384 e. The summed E-state index contributed by atoms with van der Waals surface area (Å²) < 4.78 is 5.39. The molecule has 7 heteroatoms. The number of benzene rings is 2. The Morgan fingerprint density at radius 2 is 1.93 bits per heavy atom. The Bertz CT molecular complexity index is 903. The number of rotatable bonds is 7. The number of H-pyrrole nitrogens is 1. The first-order valence-electron chi connectivity index (χ1n) is 8.42. The van der Waals surface area contributed by atoms with Crippen LogP contribution in [0, 0.1) is 5.41 Å². The van der Waals surface area contributed by atoms with Crippen molar-refractivity contribution >= 4 is 11.7 Å². The zero-order chi connectivity index (χ0) is 19.2. The van der Waals surface area contributed by atoms with Gasteiger partial charge in [0.25, 0.3) is 5.91 Å². The van der Waals surface area contributed by atoms with Gasteiger partial charge in [0.15, 0.2) is 6.10 Å². The summed E-state index contributed by atoms with van der Waals surface area (Å²) in [5, 5.41) is 10.3. The molecule has 0 radical (unpaired) electrons. The number of hydrogen-bond donors (Lipinski definition) is 4. The van der Waals surface area contributed by atoms with Gasteiger partial charge in [0, 0.05) is 37.2 Å². The number of nitrogens with one attached hydrogen (secondary N) is 3. The van der Waals surface area contributed by atoms with E-state index in [2.05, 4.69) is 15.3 Å². The first-order chi connectivity index (χ1) is 13.1. The highest BCUT2D eigenvalue weighted by atomic mass is 16.5. The van der Waals surface area contributed by atoms with E-state index in [9.17, 15) is 4.79 Å². The molecule has 1 aromatic heterocycles. The average molecular weight is 363 g/mol. The second-order valence-corrected chi connectivity index (χ2v) is 6.00. The molecule has 3 rings (SSSR count). The Morgan fingerprint density at radius 1 is 1.22 bits per heavy atom. The van der Waals surface area contributed by atoms with E-state index in [4.69, 9.17) is 15.9 Å². The molecular formula is C20H21N5O2. The van der Waals surface area contributed by atoms with Crippen molar-refractivity contribution in [1.29, 1.82) is 5.41 Å². The Kier molecular flexibility index (Phi) is 5.63. The minimum Gasteiger partial charge on any atom is -0.384 e. The van der Waals surface area contributed by atoms with Crippen LogP contribution in [0.4, 0.5) is 0 Å². The average Bonchev–Trinajstić information content (AvgIpc) is 3.22. The smallest absolute Gasteiger partial charge is 0.254 e. The van der Waals surface area contributed by atoms with Crippen LogP contribution in [0.15, 0.2) is 60.9 Å². The number of amides is 1. The Hall–Kier alpha value is -3.45. The number of ether oxygens (including phenoxy) is 1. The monoisotopic (exact) mass is 363 g/mol. The number of aromatic amines is 1. The van der Waals surface area contributed by atoms with Crippen LogP contribution in [0.25, 0.3) is 11.4 Å². The summed E-state index contributed by atoms with van der Waals surface area (Å²) in [6, 6.07) is 14.7. The molecule has 0 saturated heterocycles. The van der Waals surface area contributed by atoms with Gasteiger partial charge < -0.3 is 20.8 Å². The summed E-state index contributed by atoms with van der Waals surface area (Å²) in [6.07, 6.45) is 2.75. The molecule has 0 aliphatic carbocycles. The lowest BCUT2D eigenvalue weighted by Gasteiger charge is -2.16. The van der Waals surface area contributed by atoms with Gasteiger partial charge in [-0.15, -0.1) is 0 Å². The van der Waals surface area contributed by atoms with E-state index in [0.717, 1.165) is 22.5 Å². The molecule has 27 heavy (non-hydrogen) atoms. The van der Waals surface area contributed by atoms with Crippen molar-refractivity contribution in [1.82, 2.24) is 15.3 Å². The van der Waals surface area contributed by atoms with Gasteiger partial charge in [-0.1, -0.05) is 48.5 Å². The lowest BCUT2D eigenvalue weighted by Crippen LogP contribution is -2.30. The highest BCUT2D eigenvalue weighted by molar-refractivity contribution is 5.94. The zero-order valence-electron chi connectivity index (χ0n) is 14.9. The fraction of sp³-hybridized carbons (Fsp3) is 0.150. The normalized spacial score (nSPS) is 11.7. The van der Waals surface area contributed by atoms with Crippen LogP contribution >= 0.6 is 0 Å². The number of methoxy groups -OCH3 is 1. The van der Waals surface area contributed by atoms with Crippen molar-refractivity contribution < 1.29 is 9.53 Å². The topological polar surface area (TPSA) is 117 Å². The standard InChI is InChI=1S/C20H21N5O2/c1-27-17(14-6-8-16(9-7-14)19-23-10-11-24-19)20(26)25-12-13-2-4-15(5-3-13)18(21)22/h2-11,17H,12H2,1H3,(H3,21,22)(H,23,24)(H,25,26)/t17-/m0/s1. The highest BCUT2D eigenvalue weighted by Gasteiger charge is 2.20. The van der Waals surface area contributed by atoms with E-state index in [1.165, 1.54) is 7.11 Å². The number of carbonyl (C=O) groups excluding carboxylic acids is 1. The molecule has 0 aliphatic rings. The van der Waals surface area contributed by atoms with Crippen LogP contribution in [0.2, 0.25) is 0 Å². The molecule has 0 fully saturated rings. The lowest BCUT2D eigenvalue weighted by molar-refractivity contribution is -0.131. The van der Waals surface area contributed by atoms with E-state index in [0.29, 0.717) is 12.1 Å². The predicted molar refractivity (Wildman–Crippen MR) is 103 cm³/mol. The van der Waals surface area contributed by atoms with Crippen molar-refractivity contribution in [2.75, 3.05) is 7.11 Å². The van der Waals surface area contributed by atoms with Crippen LogP contribution in [0.5, 0.6) is 0 Å². The third kappa shape index (κ3) is 4.39. The second kappa shape index (κ2) is 8.29. The number of hydrogen-bond acceptors (Lipinski definition) is 4. The van der Waals surface area contributed by atoms with Crippen molar-refractivity contribution in [3.05, 3.63) is 77.6 Å². The maximum absolute atomic E-state index is 12.5. The summed E-state index contributed by atoms with van der Waals surface area (Å²) in [5.74, 6) is 0.566. The number of imidazole rings is 1. The zero-order valence-corrected chi connectivity index (χ0v) is 14.9. The maximum Gasteiger partial charge on any atom is 0.254 e. The predicted octanol–water partition coefficient (Wildman–Crippen LogP) is 2.36. The van der Waals surface area contributed by atoms with E-state index in [1.807, 2.05) is 36.4 Å². The summed E-state index contributed by atoms with van der Waals surface area (Å²) >= 11 is 0. The van der Waals surface area contributed by atoms with E-state index < -0.39 is 6.10 Å². The Morgan fingerprint density at radius 3 is 2.48 bits per heavy atom. The van der Waals surface area contributed by atoms with Crippen LogP contribution in [-0.4, -0.2) is 28.8 Å². The fourth-order valence-corrected chi connectivity index (χ4v) is 2.72. The number of nitrogens with two attached hydrogens (primary N) is 1. The fourth-order valence-electron chi connectivity index (χ4n) is 2.72. The lowest BCUT2D eigenvalue weighted by atomic mass is 10.1. The first-order valence-corrected chi connectivity index (χ1v) is 8.42. The molecule has 0 unspecified atom stereocenters. The minimum atomic E-state index is -0.702. The van der Waals surface area contributed by atoms with Crippen molar-refractivity contribution in [3.8, 4) is 11.4 Å². The maximum atomic E-state index is 12.5. The summed E-state index contributed by atoms with van der Waals surface area (Å²) in [7, 11) is 1.51. The molecule has 7 nitrogen and oxygen atoms in total. The van der Waals surface area contributed by atoms with E-state index in [-0.39, 0.29) is 11.7 Å². The van der Waals surface area contributed by atoms with Gasteiger partial charge in [-0.25, -0.2) is 4.98 Å². The summed E-state index contributed by atoms with van der Waals surface area (Å²) in [5.41, 5.74) is 8.70. The number of carbonyl (C=O) groups is 1. The van der Waals surface area contributed by atoms with Crippen LogP contribution < -0.4 is 11.1 Å². The van der Waals surface area contributed by atoms with Gasteiger partial charge in [-0.3, -0.25) is 10.2 Å². The third-order valence-corrected chi connectivity index (χ3v) is 4.19. The molecule has 0 saturated carbocycles. The molecule has 0 bridgehead atoms. The first kappa shape index (κ1) is 18.3. The summed E-state index contributed by atoms with van der Waals surface area (Å²) in [4.78, 5) is 19.8. The molecule has 0 spiro atoms. The molecule has 0 aliphatic heterocycles. The van der Waals surface area contributed by atoms with Crippen LogP contribution in [0.1, 0.15) is 22.8 Å². The van der Waals surface area contributed by atoms with Crippen molar-refractivity contribution in [2.24, 2.45) is 5.73 Å². The highest BCUT2D eigenvalue weighted by Crippen LogP contribution is 2.21. The molecule has 138 valence electrons. The third-order valence-electron chi connectivity index (χ3n) is 4.19. The molecule has 1 heterocycles. The van der Waals surface area contributed by atoms with Crippen molar-refractivity contribution in [2.45, 2.75) is 12.6 Å². The van der Waals surface area contributed by atoms with Gasteiger partial charge in [0.2, 0.25) is 0 Å². The van der Waals surface area contributed by atoms with Crippen LogP contribution in [0.3, 0.4) is 0 Å². The molecule has 3 aromatic rings. The van der Waals surface area contributed by atoms with Gasteiger partial charge >= 0.3 is 0 Å². The molecule has 2 aromatic carbocycles. The number of nitrogens with zero attached hydrogens (tertiary/aromatic N) is 1. The van der Waals surface area contributed by atoms with Gasteiger partial charge in [-0.2, -0.15) is 0 Å². The molecule has 1 atom stereocenters. The Balaban J connectivity index is 1.64. The van der Waals surface area contributed by atoms with Crippen LogP contribution in [-0.2, 0) is 16.1 Å². The number of nitrogen functional groups attached to an aromatic ring is 1. The van der Waals surface area contributed by atoms with Crippen molar-refractivity contribution in [3.63, 3.8) is 0 Å². The minimum absolute atomic E-state index is 0.0167.